The molecule has 0 aliphatic carbocycles. The molecule has 3 aromatic rings. The van der Waals surface area contributed by atoms with Crippen LogP contribution < -0.4 is 14.8 Å². The van der Waals surface area contributed by atoms with Gasteiger partial charge in [0.15, 0.2) is 0 Å². The fourth-order valence-electron chi connectivity index (χ4n) is 2.26. The van der Waals surface area contributed by atoms with Crippen LogP contribution in [0.2, 0.25) is 5.02 Å². The minimum absolute atomic E-state index is 0.0703. The van der Waals surface area contributed by atoms with Crippen molar-refractivity contribution >= 4 is 55.4 Å². The Bertz CT molecular complexity index is 1230. The SMILES string of the molecule is COc1ccc([N+](=O)[O-])cc1NS(=O)(=O)c1nnc(NC(=O)c2ccccc2Cl)s1. The van der Waals surface area contributed by atoms with Crippen LogP contribution in [-0.4, -0.2) is 36.6 Å². The van der Waals surface area contributed by atoms with Gasteiger partial charge >= 0.3 is 0 Å². The molecular weight excluding hydrogens is 458 g/mol. The van der Waals surface area contributed by atoms with E-state index < -0.39 is 25.2 Å². The summed E-state index contributed by atoms with van der Waals surface area (Å²) in [6.07, 6.45) is 0. The van der Waals surface area contributed by atoms with Crippen LogP contribution in [0.1, 0.15) is 10.4 Å². The van der Waals surface area contributed by atoms with E-state index in [1.165, 1.54) is 31.4 Å². The van der Waals surface area contributed by atoms with Gasteiger partial charge in [-0.05, 0) is 18.2 Å². The molecule has 0 spiro atoms. The van der Waals surface area contributed by atoms with E-state index in [-0.39, 0.29) is 32.8 Å². The highest BCUT2D eigenvalue weighted by atomic mass is 35.5. The van der Waals surface area contributed by atoms with Gasteiger partial charge in [-0.3, -0.25) is 24.9 Å². The second-order valence-corrected chi connectivity index (χ2v) is 8.80. The number of nitro groups is 1. The lowest BCUT2D eigenvalue weighted by molar-refractivity contribution is -0.384. The summed E-state index contributed by atoms with van der Waals surface area (Å²) < 4.78 is 32.0. The van der Waals surface area contributed by atoms with Crippen LogP contribution in [0.3, 0.4) is 0 Å². The highest BCUT2D eigenvalue weighted by Crippen LogP contribution is 2.32. The number of sulfonamides is 1. The number of rotatable bonds is 7. The average molecular weight is 470 g/mol. The van der Waals surface area contributed by atoms with Crippen LogP contribution in [-0.2, 0) is 10.0 Å². The number of carbonyl (C=O) groups is 1. The zero-order valence-electron chi connectivity index (χ0n) is 15.0. The van der Waals surface area contributed by atoms with Crippen molar-refractivity contribution in [2.24, 2.45) is 0 Å². The number of methoxy groups -OCH3 is 1. The first-order valence-electron chi connectivity index (χ1n) is 7.96. The highest BCUT2D eigenvalue weighted by Gasteiger charge is 2.24. The zero-order valence-corrected chi connectivity index (χ0v) is 17.4. The van der Waals surface area contributed by atoms with Crippen LogP contribution in [0.4, 0.5) is 16.5 Å². The summed E-state index contributed by atoms with van der Waals surface area (Å²) in [4.78, 5) is 22.5. The van der Waals surface area contributed by atoms with Gasteiger partial charge < -0.3 is 4.74 Å². The Kier molecular flexibility index (Phi) is 6.14. The van der Waals surface area contributed by atoms with Crippen LogP contribution in [0.25, 0.3) is 0 Å². The first-order chi connectivity index (χ1) is 14.2. The average Bonchev–Trinajstić information content (AvgIpc) is 3.17. The van der Waals surface area contributed by atoms with E-state index in [0.29, 0.717) is 11.3 Å². The third-order valence-corrected chi connectivity index (χ3v) is 6.51. The summed E-state index contributed by atoms with van der Waals surface area (Å²) in [5, 5.41) is 20.7. The number of anilines is 2. The lowest BCUT2D eigenvalue weighted by atomic mass is 10.2. The first kappa shape index (κ1) is 21.4. The molecule has 2 N–H and O–H groups in total. The van der Waals surface area contributed by atoms with Gasteiger partial charge in [0.25, 0.3) is 26.0 Å². The van der Waals surface area contributed by atoms with Gasteiger partial charge in [-0.25, -0.2) is 0 Å². The molecule has 1 amide bonds. The molecule has 0 aliphatic heterocycles. The number of amides is 1. The standard InChI is InChI=1S/C16H12ClN5O6S2/c1-28-13-7-6-9(22(24)25)8-12(13)21-30(26,27)16-20-19-15(29-16)18-14(23)10-4-2-3-5-11(10)17/h2-8,21H,1H3,(H,18,19,23). The molecule has 0 fully saturated rings. The summed E-state index contributed by atoms with van der Waals surface area (Å²) in [6.45, 7) is 0. The number of aromatic nitrogens is 2. The predicted octanol–water partition coefficient (Wildman–Crippen LogP) is 3.16. The van der Waals surface area contributed by atoms with Gasteiger partial charge in [0.2, 0.25) is 5.13 Å². The number of hydrogen-bond acceptors (Lipinski definition) is 9. The number of benzene rings is 2. The summed E-state index contributed by atoms with van der Waals surface area (Å²) in [7, 11) is -2.98. The number of nitrogens with zero attached hydrogens (tertiary/aromatic N) is 3. The van der Waals surface area contributed by atoms with Crippen molar-refractivity contribution in [2.75, 3.05) is 17.1 Å². The molecule has 1 aromatic heterocycles. The van der Waals surface area contributed by atoms with E-state index >= 15 is 0 Å². The Labute approximate surface area is 178 Å². The Morgan fingerprint density at radius 2 is 1.97 bits per heavy atom. The molecular formula is C16H12ClN5O6S2. The maximum absolute atomic E-state index is 12.6. The topological polar surface area (TPSA) is 153 Å². The molecule has 1 heterocycles. The molecule has 3 rings (SSSR count). The van der Waals surface area contributed by atoms with Gasteiger partial charge in [0.05, 0.1) is 28.3 Å². The molecule has 0 bridgehead atoms. The maximum atomic E-state index is 12.6. The molecule has 30 heavy (non-hydrogen) atoms. The van der Waals surface area contributed by atoms with Crippen molar-refractivity contribution < 1.29 is 22.9 Å². The number of hydrogen-bond donors (Lipinski definition) is 2. The molecule has 0 unspecified atom stereocenters. The first-order valence-corrected chi connectivity index (χ1v) is 10.6. The van der Waals surface area contributed by atoms with E-state index in [1.54, 1.807) is 12.1 Å². The lowest BCUT2D eigenvalue weighted by Gasteiger charge is -2.09. The molecule has 0 saturated heterocycles. The third-order valence-electron chi connectivity index (χ3n) is 3.61. The van der Waals surface area contributed by atoms with Crippen molar-refractivity contribution in [1.29, 1.82) is 0 Å². The number of halogens is 1. The molecule has 2 aromatic carbocycles. The van der Waals surface area contributed by atoms with Gasteiger partial charge in [-0.1, -0.05) is 35.1 Å². The summed E-state index contributed by atoms with van der Waals surface area (Å²) in [5.41, 5.74) is -0.305. The molecule has 0 aliphatic rings. The molecule has 14 heteroatoms. The fourth-order valence-corrected chi connectivity index (χ4v) is 4.44. The minimum atomic E-state index is -4.26. The molecule has 156 valence electrons. The van der Waals surface area contributed by atoms with Gasteiger partial charge in [0, 0.05) is 12.1 Å². The fraction of sp³-hybridized carbons (Fsp3) is 0.0625. The Hall–Kier alpha value is -3.29. The number of non-ortho nitro benzene ring substituents is 1. The summed E-state index contributed by atoms with van der Waals surface area (Å²) in [6, 6.07) is 9.73. The van der Waals surface area contributed by atoms with Gasteiger partial charge in [-0.15, -0.1) is 10.2 Å². The molecule has 0 atom stereocenters. The van der Waals surface area contributed by atoms with Crippen LogP contribution in [0, 0.1) is 10.1 Å². The van der Waals surface area contributed by atoms with Crippen molar-refractivity contribution in [3.05, 3.63) is 63.2 Å². The van der Waals surface area contributed by atoms with Crippen LogP contribution in [0.15, 0.2) is 46.8 Å². The smallest absolute Gasteiger partial charge is 0.291 e. The van der Waals surface area contributed by atoms with Crippen LogP contribution >= 0.6 is 22.9 Å². The van der Waals surface area contributed by atoms with Gasteiger partial charge in [-0.2, -0.15) is 8.42 Å². The maximum Gasteiger partial charge on any atom is 0.291 e. The van der Waals surface area contributed by atoms with Crippen molar-refractivity contribution in [1.82, 2.24) is 10.2 Å². The van der Waals surface area contributed by atoms with Crippen LogP contribution in [0.5, 0.6) is 5.75 Å². The van der Waals surface area contributed by atoms with Crippen molar-refractivity contribution in [3.63, 3.8) is 0 Å². The van der Waals surface area contributed by atoms with E-state index in [2.05, 4.69) is 20.2 Å². The van der Waals surface area contributed by atoms with E-state index in [4.69, 9.17) is 16.3 Å². The quantitative estimate of drug-likeness (QED) is 0.304. The van der Waals surface area contributed by atoms with E-state index in [9.17, 15) is 23.3 Å². The number of nitro benzene ring substituents is 1. The lowest BCUT2D eigenvalue weighted by Crippen LogP contribution is -2.13. The largest absolute Gasteiger partial charge is 0.495 e. The van der Waals surface area contributed by atoms with Crippen molar-refractivity contribution in [3.8, 4) is 5.75 Å². The second-order valence-electron chi connectivity index (χ2n) is 5.55. The van der Waals surface area contributed by atoms with E-state index in [1.807, 2.05) is 0 Å². The van der Waals surface area contributed by atoms with E-state index in [0.717, 1.165) is 6.07 Å². The minimum Gasteiger partial charge on any atom is -0.495 e. The number of ether oxygens (including phenoxy) is 1. The van der Waals surface area contributed by atoms with Crippen molar-refractivity contribution in [2.45, 2.75) is 4.34 Å². The molecule has 0 saturated carbocycles. The second kappa shape index (κ2) is 8.61. The monoisotopic (exact) mass is 469 g/mol. The zero-order chi connectivity index (χ0) is 21.9. The third kappa shape index (κ3) is 4.64. The molecule has 11 nitrogen and oxygen atoms in total. The molecule has 0 radical (unpaired) electrons. The van der Waals surface area contributed by atoms with Gasteiger partial charge in [0.1, 0.15) is 5.75 Å². The summed E-state index contributed by atoms with van der Waals surface area (Å²) >= 11 is 6.55. The normalized spacial score (nSPS) is 11.0. The highest BCUT2D eigenvalue weighted by molar-refractivity contribution is 7.94. The Balaban J connectivity index is 1.83. The number of nitrogens with one attached hydrogen (secondary N) is 2. The number of carbonyl (C=O) groups excluding carboxylic acids is 1. The Morgan fingerprint density at radius 1 is 1.23 bits per heavy atom. The summed E-state index contributed by atoms with van der Waals surface area (Å²) in [5.74, 6) is -0.519. The Morgan fingerprint density at radius 3 is 2.63 bits per heavy atom. The predicted molar refractivity (Wildman–Crippen MR) is 110 cm³/mol.